The standard InChI is InChI=1S/C30H28FNO7/c1-14-19(5-7-25(32-14)39-24-13-38-28-23(33)12-37-29(24)28)15-2-6-22(31)17(8-15)11-36-18-3-4-20-16(9-18)10-21-26(20)27(21)30(34)35/h2-9,21,23-24,26-29,33H,10-13H2,1H3,(H,34,35)/t21-,23+,24-,26+,27+,28?,29?/m1/s1. The van der Waals surface area contributed by atoms with Crippen molar-refractivity contribution in [2.45, 2.75) is 50.3 Å². The van der Waals surface area contributed by atoms with Crippen LogP contribution in [-0.4, -0.2) is 58.8 Å². The molecule has 39 heavy (non-hydrogen) atoms. The van der Waals surface area contributed by atoms with Crippen LogP contribution in [0, 0.1) is 24.6 Å². The van der Waals surface area contributed by atoms with Crippen LogP contribution >= 0.6 is 0 Å². The van der Waals surface area contributed by atoms with E-state index in [1.807, 2.05) is 31.2 Å². The number of aliphatic hydroxyl groups excluding tert-OH is 1. The quantitative estimate of drug-likeness (QED) is 0.474. The first-order chi connectivity index (χ1) is 18.9. The third kappa shape index (κ3) is 4.25. The van der Waals surface area contributed by atoms with E-state index < -0.39 is 12.1 Å². The van der Waals surface area contributed by atoms with Crippen molar-refractivity contribution in [3.8, 4) is 22.8 Å². The predicted octanol–water partition coefficient (Wildman–Crippen LogP) is 3.65. The fourth-order valence-corrected chi connectivity index (χ4v) is 6.44. The summed E-state index contributed by atoms with van der Waals surface area (Å²) < 4.78 is 37.9. The minimum atomic E-state index is -0.722. The lowest BCUT2D eigenvalue weighted by Gasteiger charge is -2.18. The zero-order valence-electron chi connectivity index (χ0n) is 21.2. The van der Waals surface area contributed by atoms with Crippen molar-refractivity contribution in [1.82, 2.24) is 4.98 Å². The van der Waals surface area contributed by atoms with Crippen LogP contribution in [0.4, 0.5) is 4.39 Å². The average Bonchev–Trinajstić information content (AvgIpc) is 3.16. The number of hydrogen-bond acceptors (Lipinski definition) is 7. The third-order valence-corrected chi connectivity index (χ3v) is 8.45. The molecule has 3 fully saturated rings. The summed E-state index contributed by atoms with van der Waals surface area (Å²) in [5.41, 5.74) is 5.03. The number of carboxylic acids is 1. The van der Waals surface area contributed by atoms with Crippen LogP contribution < -0.4 is 9.47 Å². The van der Waals surface area contributed by atoms with E-state index in [0.717, 1.165) is 34.4 Å². The highest BCUT2D eigenvalue weighted by atomic mass is 19.1. The summed E-state index contributed by atoms with van der Waals surface area (Å²) in [6.45, 7) is 2.49. The number of nitrogens with zero attached hydrogens (tertiary/aromatic N) is 1. The molecule has 1 saturated carbocycles. The first-order valence-electron chi connectivity index (χ1n) is 13.2. The second-order valence-corrected chi connectivity index (χ2v) is 10.8. The molecule has 0 spiro atoms. The number of benzene rings is 2. The largest absolute Gasteiger partial charge is 0.489 e. The Morgan fingerprint density at radius 3 is 2.77 bits per heavy atom. The van der Waals surface area contributed by atoms with E-state index in [1.165, 1.54) is 6.07 Å². The molecule has 0 radical (unpaired) electrons. The van der Waals surface area contributed by atoms with Crippen molar-refractivity contribution in [3.63, 3.8) is 0 Å². The number of aliphatic hydroxyl groups is 1. The number of rotatable bonds is 7. The minimum absolute atomic E-state index is 0.0623. The van der Waals surface area contributed by atoms with Crippen LogP contribution in [0.25, 0.3) is 11.1 Å². The molecule has 1 aromatic heterocycles. The normalized spacial score (nSPS) is 30.0. The van der Waals surface area contributed by atoms with Gasteiger partial charge in [0.15, 0.2) is 6.10 Å². The SMILES string of the molecule is Cc1nc(O[C@@H]2COC3C2OC[C@@H]3O)ccc1-c1ccc(F)c(COc2ccc3c(c2)C[C@H]2[C@H](C(=O)O)[C@@H]32)c1. The van der Waals surface area contributed by atoms with Crippen molar-refractivity contribution in [2.24, 2.45) is 11.8 Å². The Balaban J connectivity index is 1.03. The topological polar surface area (TPSA) is 107 Å². The Morgan fingerprint density at radius 2 is 1.95 bits per heavy atom. The highest BCUT2D eigenvalue weighted by Gasteiger charge is 2.59. The van der Waals surface area contributed by atoms with Gasteiger partial charge in [-0.25, -0.2) is 9.37 Å². The second kappa shape index (κ2) is 9.29. The number of hydrogen-bond donors (Lipinski definition) is 2. The van der Waals surface area contributed by atoms with Gasteiger partial charge in [0.2, 0.25) is 5.88 Å². The summed E-state index contributed by atoms with van der Waals surface area (Å²) in [5.74, 6) is 0.0298. The average molecular weight is 534 g/mol. The summed E-state index contributed by atoms with van der Waals surface area (Å²) in [5, 5.41) is 19.3. The maximum atomic E-state index is 14.7. The van der Waals surface area contributed by atoms with Crippen LogP contribution in [0.1, 0.15) is 28.3 Å². The molecule has 0 bridgehead atoms. The van der Waals surface area contributed by atoms with E-state index in [9.17, 15) is 19.4 Å². The molecule has 2 aliphatic heterocycles. The van der Waals surface area contributed by atoms with Gasteiger partial charge in [0.05, 0.1) is 19.1 Å². The van der Waals surface area contributed by atoms with Crippen LogP contribution in [-0.2, 0) is 27.3 Å². The maximum Gasteiger partial charge on any atom is 0.307 e. The lowest BCUT2D eigenvalue weighted by Crippen LogP contribution is -2.34. The number of halogens is 1. The molecule has 2 aliphatic carbocycles. The summed E-state index contributed by atoms with van der Waals surface area (Å²) in [7, 11) is 0. The van der Waals surface area contributed by atoms with Crippen LogP contribution in [0.2, 0.25) is 0 Å². The van der Waals surface area contributed by atoms with Crippen LogP contribution in [0.15, 0.2) is 48.5 Å². The van der Waals surface area contributed by atoms with E-state index in [2.05, 4.69) is 4.98 Å². The predicted molar refractivity (Wildman–Crippen MR) is 136 cm³/mol. The lowest BCUT2D eigenvalue weighted by molar-refractivity contribution is -0.139. The zero-order valence-corrected chi connectivity index (χ0v) is 21.2. The van der Waals surface area contributed by atoms with Gasteiger partial charge in [0.25, 0.3) is 0 Å². The number of aromatic nitrogens is 1. The Bertz CT molecular complexity index is 1460. The van der Waals surface area contributed by atoms with Gasteiger partial charge in [-0.05, 0) is 66.3 Å². The Hall–Kier alpha value is -3.53. The molecular formula is C30H28FNO7. The van der Waals surface area contributed by atoms with Crippen molar-refractivity contribution in [2.75, 3.05) is 13.2 Å². The Morgan fingerprint density at radius 1 is 1.10 bits per heavy atom. The van der Waals surface area contributed by atoms with Gasteiger partial charge in [-0.3, -0.25) is 4.79 Å². The zero-order chi connectivity index (χ0) is 26.8. The molecule has 3 aromatic rings. The molecule has 7 rings (SSSR count). The molecule has 9 heteroatoms. The molecule has 2 saturated heterocycles. The van der Waals surface area contributed by atoms with Crippen molar-refractivity contribution in [3.05, 3.63) is 76.7 Å². The Labute approximate surface area is 224 Å². The third-order valence-electron chi connectivity index (χ3n) is 8.45. The molecule has 2 N–H and O–H groups in total. The van der Waals surface area contributed by atoms with E-state index >= 15 is 0 Å². The van der Waals surface area contributed by atoms with Gasteiger partial charge in [0, 0.05) is 28.8 Å². The van der Waals surface area contributed by atoms with Gasteiger partial charge < -0.3 is 29.2 Å². The van der Waals surface area contributed by atoms with Gasteiger partial charge >= 0.3 is 5.97 Å². The molecular weight excluding hydrogens is 505 g/mol. The first-order valence-corrected chi connectivity index (χ1v) is 13.2. The smallest absolute Gasteiger partial charge is 0.307 e. The minimum Gasteiger partial charge on any atom is -0.489 e. The van der Waals surface area contributed by atoms with E-state index in [0.29, 0.717) is 23.8 Å². The van der Waals surface area contributed by atoms with Gasteiger partial charge in [-0.1, -0.05) is 12.1 Å². The van der Waals surface area contributed by atoms with Crippen molar-refractivity contribution in [1.29, 1.82) is 0 Å². The molecule has 2 unspecified atom stereocenters. The molecule has 3 heterocycles. The summed E-state index contributed by atoms with van der Waals surface area (Å²) in [4.78, 5) is 15.9. The van der Waals surface area contributed by atoms with Crippen LogP contribution in [0.3, 0.4) is 0 Å². The van der Waals surface area contributed by atoms with Gasteiger partial charge in [-0.2, -0.15) is 0 Å². The number of fused-ring (bicyclic) bond motifs is 4. The van der Waals surface area contributed by atoms with E-state index in [-0.39, 0.29) is 55.1 Å². The van der Waals surface area contributed by atoms with Crippen molar-refractivity contribution < 1.29 is 38.3 Å². The first kappa shape index (κ1) is 24.5. The summed E-state index contributed by atoms with van der Waals surface area (Å²) in [6, 6.07) is 14.3. The fourth-order valence-electron chi connectivity index (χ4n) is 6.44. The number of aryl methyl sites for hydroxylation is 1. The number of ether oxygens (including phenoxy) is 4. The summed E-state index contributed by atoms with van der Waals surface area (Å²) in [6.07, 6.45) is -0.935. The maximum absolute atomic E-state index is 14.7. The Kier molecular flexibility index (Phi) is 5.84. The molecule has 2 aromatic carbocycles. The highest BCUT2D eigenvalue weighted by Crippen LogP contribution is 2.61. The molecule has 0 amide bonds. The number of carboxylic acid groups (broad SMARTS) is 1. The lowest BCUT2D eigenvalue weighted by atomic mass is 10.0. The second-order valence-electron chi connectivity index (χ2n) is 10.8. The van der Waals surface area contributed by atoms with Gasteiger partial charge in [0.1, 0.15) is 36.5 Å². The number of carbonyl (C=O) groups is 1. The monoisotopic (exact) mass is 533 g/mol. The van der Waals surface area contributed by atoms with Crippen molar-refractivity contribution >= 4 is 5.97 Å². The number of pyridine rings is 1. The highest BCUT2D eigenvalue weighted by molar-refractivity contribution is 5.78. The van der Waals surface area contributed by atoms with E-state index in [1.54, 1.807) is 18.2 Å². The van der Waals surface area contributed by atoms with E-state index in [4.69, 9.17) is 18.9 Å². The molecule has 4 aliphatic rings. The fraction of sp³-hybridized carbons (Fsp3) is 0.400. The molecule has 202 valence electrons. The molecule has 8 nitrogen and oxygen atoms in total. The van der Waals surface area contributed by atoms with Crippen LogP contribution in [0.5, 0.6) is 11.6 Å². The molecule has 7 atom stereocenters. The summed E-state index contributed by atoms with van der Waals surface area (Å²) >= 11 is 0. The number of aliphatic carboxylic acids is 1. The van der Waals surface area contributed by atoms with Gasteiger partial charge in [-0.15, -0.1) is 0 Å².